The highest BCUT2D eigenvalue weighted by atomic mass is 16.5. The van der Waals surface area contributed by atoms with E-state index in [-0.39, 0.29) is 5.69 Å². The summed E-state index contributed by atoms with van der Waals surface area (Å²) < 4.78 is 4.59. The van der Waals surface area contributed by atoms with Gasteiger partial charge in [-0.05, 0) is 24.7 Å². The Morgan fingerprint density at radius 1 is 1.37 bits per heavy atom. The molecule has 1 aliphatic carbocycles. The Bertz CT molecular complexity index is 425. The van der Waals surface area contributed by atoms with E-state index >= 15 is 0 Å². The molecule has 19 heavy (non-hydrogen) atoms. The summed E-state index contributed by atoms with van der Waals surface area (Å²) in [6.07, 6.45) is 9.43. The Labute approximate surface area is 113 Å². The van der Waals surface area contributed by atoms with E-state index < -0.39 is 5.97 Å². The van der Waals surface area contributed by atoms with Gasteiger partial charge in [0.25, 0.3) is 0 Å². The number of nitrogens with zero attached hydrogens (tertiary/aromatic N) is 2. The van der Waals surface area contributed by atoms with E-state index in [9.17, 15) is 4.79 Å². The normalized spacial score (nSPS) is 17.2. The van der Waals surface area contributed by atoms with E-state index in [1.807, 2.05) is 0 Å². The van der Waals surface area contributed by atoms with Crippen molar-refractivity contribution in [3.8, 4) is 0 Å². The minimum Gasteiger partial charge on any atom is -0.464 e. The van der Waals surface area contributed by atoms with Gasteiger partial charge in [-0.3, -0.25) is 0 Å². The Morgan fingerprint density at radius 2 is 2.11 bits per heavy atom. The van der Waals surface area contributed by atoms with Gasteiger partial charge >= 0.3 is 5.97 Å². The molecule has 5 heteroatoms. The molecule has 0 unspecified atom stereocenters. The number of rotatable bonds is 5. The minimum atomic E-state index is -0.458. The van der Waals surface area contributed by atoms with Crippen LogP contribution in [0.2, 0.25) is 0 Å². The molecule has 1 fully saturated rings. The molecule has 1 heterocycles. The summed E-state index contributed by atoms with van der Waals surface area (Å²) in [7, 11) is 1.33. The van der Waals surface area contributed by atoms with Crippen molar-refractivity contribution in [1.82, 2.24) is 9.97 Å². The lowest BCUT2D eigenvalue weighted by Crippen LogP contribution is -2.26. The zero-order chi connectivity index (χ0) is 13.7. The van der Waals surface area contributed by atoms with E-state index in [1.54, 1.807) is 6.20 Å². The molecule has 0 saturated heterocycles. The van der Waals surface area contributed by atoms with Gasteiger partial charge in [-0.25, -0.2) is 14.8 Å². The van der Waals surface area contributed by atoms with Crippen molar-refractivity contribution in [2.45, 2.75) is 39.0 Å². The highest BCUT2D eigenvalue weighted by Gasteiger charge is 2.31. The molecule has 1 aliphatic rings. The zero-order valence-corrected chi connectivity index (χ0v) is 11.6. The standard InChI is InChI=1S/C14H21N3O2/c1-3-14(6-4-5-7-14)10-17-12-9-15-11(8-16-12)13(18)19-2/h8-9H,3-7,10H2,1-2H3,(H,16,17). The molecule has 0 radical (unpaired) electrons. The molecule has 0 aromatic carbocycles. The van der Waals surface area contributed by atoms with Crippen LogP contribution in [0, 0.1) is 5.41 Å². The number of ether oxygens (including phenoxy) is 1. The first-order valence-electron chi connectivity index (χ1n) is 6.83. The molecule has 0 aliphatic heterocycles. The van der Waals surface area contributed by atoms with Crippen LogP contribution in [-0.2, 0) is 4.74 Å². The van der Waals surface area contributed by atoms with Gasteiger partial charge in [0, 0.05) is 6.54 Å². The molecular weight excluding hydrogens is 242 g/mol. The Kier molecular flexibility index (Phi) is 4.35. The number of aromatic nitrogens is 2. The van der Waals surface area contributed by atoms with Crippen LogP contribution >= 0.6 is 0 Å². The predicted molar refractivity (Wildman–Crippen MR) is 73.1 cm³/mol. The maximum absolute atomic E-state index is 11.2. The third-order valence-corrected chi connectivity index (χ3v) is 4.11. The second-order valence-electron chi connectivity index (χ2n) is 5.19. The summed E-state index contributed by atoms with van der Waals surface area (Å²) in [5, 5.41) is 3.34. The van der Waals surface area contributed by atoms with Crippen molar-refractivity contribution in [2.24, 2.45) is 5.41 Å². The number of esters is 1. The number of methoxy groups -OCH3 is 1. The lowest BCUT2D eigenvalue weighted by atomic mass is 9.83. The van der Waals surface area contributed by atoms with Crippen LogP contribution < -0.4 is 5.32 Å². The molecule has 0 bridgehead atoms. The minimum absolute atomic E-state index is 0.235. The fourth-order valence-electron chi connectivity index (χ4n) is 2.69. The maximum Gasteiger partial charge on any atom is 0.358 e. The average Bonchev–Trinajstić information content (AvgIpc) is 2.94. The number of nitrogens with one attached hydrogen (secondary N) is 1. The topological polar surface area (TPSA) is 64.1 Å². The van der Waals surface area contributed by atoms with Crippen molar-refractivity contribution < 1.29 is 9.53 Å². The van der Waals surface area contributed by atoms with Gasteiger partial charge in [0.15, 0.2) is 5.69 Å². The summed E-state index contributed by atoms with van der Waals surface area (Å²) in [5.41, 5.74) is 0.641. The fraction of sp³-hybridized carbons (Fsp3) is 0.643. The Balaban J connectivity index is 1.94. The van der Waals surface area contributed by atoms with Crippen LogP contribution in [0.3, 0.4) is 0 Å². The molecule has 1 aromatic heterocycles. The van der Waals surface area contributed by atoms with E-state index in [4.69, 9.17) is 0 Å². The van der Waals surface area contributed by atoms with Crippen molar-refractivity contribution in [2.75, 3.05) is 19.0 Å². The van der Waals surface area contributed by atoms with E-state index in [0.29, 0.717) is 11.2 Å². The summed E-state index contributed by atoms with van der Waals surface area (Å²) >= 11 is 0. The van der Waals surface area contributed by atoms with Crippen molar-refractivity contribution >= 4 is 11.8 Å². The largest absolute Gasteiger partial charge is 0.464 e. The fourth-order valence-corrected chi connectivity index (χ4v) is 2.69. The zero-order valence-electron chi connectivity index (χ0n) is 11.6. The molecule has 1 aromatic rings. The molecule has 5 nitrogen and oxygen atoms in total. The maximum atomic E-state index is 11.2. The lowest BCUT2D eigenvalue weighted by Gasteiger charge is -2.27. The summed E-state index contributed by atoms with van der Waals surface area (Å²) in [6.45, 7) is 3.18. The van der Waals surface area contributed by atoms with Gasteiger partial charge in [-0.1, -0.05) is 19.8 Å². The third-order valence-electron chi connectivity index (χ3n) is 4.11. The highest BCUT2D eigenvalue weighted by Crippen LogP contribution is 2.40. The number of carbonyl (C=O) groups is 1. The van der Waals surface area contributed by atoms with Crippen molar-refractivity contribution in [3.63, 3.8) is 0 Å². The van der Waals surface area contributed by atoms with E-state index in [0.717, 1.165) is 6.54 Å². The summed E-state index contributed by atoms with van der Waals surface area (Å²) in [6, 6.07) is 0. The van der Waals surface area contributed by atoms with Gasteiger partial charge in [-0.2, -0.15) is 0 Å². The Morgan fingerprint density at radius 3 is 2.63 bits per heavy atom. The predicted octanol–water partition coefficient (Wildman–Crippen LogP) is 2.65. The third kappa shape index (κ3) is 3.22. The summed E-state index contributed by atoms with van der Waals surface area (Å²) in [4.78, 5) is 19.5. The molecular formula is C14H21N3O2. The van der Waals surface area contributed by atoms with Crippen LogP contribution in [-0.4, -0.2) is 29.6 Å². The first-order chi connectivity index (χ1) is 9.19. The molecule has 1 saturated carbocycles. The highest BCUT2D eigenvalue weighted by molar-refractivity contribution is 5.86. The summed E-state index contributed by atoms with van der Waals surface area (Å²) in [5.74, 6) is 0.257. The smallest absolute Gasteiger partial charge is 0.358 e. The molecule has 104 valence electrons. The quantitative estimate of drug-likeness (QED) is 0.827. The van der Waals surface area contributed by atoms with Crippen LogP contribution in [0.4, 0.5) is 5.82 Å². The first-order valence-corrected chi connectivity index (χ1v) is 6.83. The van der Waals surface area contributed by atoms with Gasteiger partial charge in [0.2, 0.25) is 0 Å². The van der Waals surface area contributed by atoms with Crippen LogP contribution in [0.5, 0.6) is 0 Å². The molecule has 0 spiro atoms. The van der Waals surface area contributed by atoms with E-state index in [1.165, 1.54) is 45.4 Å². The lowest BCUT2D eigenvalue weighted by molar-refractivity contribution is 0.0593. The second-order valence-corrected chi connectivity index (χ2v) is 5.19. The van der Waals surface area contributed by atoms with Gasteiger partial charge in [0.05, 0.1) is 19.5 Å². The number of hydrogen-bond donors (Lipinski definition) is 1. The second kappa shape index (κ2) is 5.99. The molecule has 0 atom stereocenters. The SMILES string of the molecule is CCC1(CNc2cnc(C(=O)OC)cn2)CCCC1. The number of hydrogen-bond acceptors (Lipinski definition) is 5. The van der Waals surface area contributed by atoms with Crippen molar-refractivity contribution in [3.05, 3.63) is 18.1 Å². The molecule has 2 rings (SSSR count). The molecule has 1 N–H and O–H groups in total. The van der Waals surface area contributed by atoms with Crippen LogP contribution in [0.1, 0.15) is 49.5 Å². The average molecular weight is 263 g/mol. The van der Waals surface area contributed by atoms with Crippen LogP contribution in [0.25, 0.3) is 0 Å². The van der Waals surface area contributed by atoms with Gasteiger partial charge < -0.3 is 10.1 Å². The van der Waals surface area contributed by atoms with Gasteiger partial charge in [-0.15, -0.1) is 0 Å². The van der Waals surface area contributed by atoms with Crippen molar-refractivity contribution in [1.29, 1.82) is 0 Å². The number of carbonyl (C=O) groups excluding carboxylic acids is 1. The number of anilines is 1. The monoisotopic (exact) mass is 263 g/mol. The first kappa shape index (κ1) is 13.8. The Hall–Kier alpha value is -1.65. The van der Waals surface area contributed by atoms with Gasteiger partial charge in [0.1, 0.15) is 5.82 Å². The van der Waals surface area contributed by atoms with Crippen LogP contribution in [0.15, 0.2) is 12.4 Å². The van der Waals surface area contributed by atoms with E-state index in [2.05, 4.69) is 26.9 Å². The molecule has 0 amide bonds.